The van der Waals surface area contributed by atoms with E-state index >= 15 is 0 Å². The van der Waals surface area contributed by atoms with Crippen LogP contribution in [0, 0.1) is 16.7 Å². The van der Waals surface area contributed by atoms with Crippen LogP contribution in [0.1, 0.15) is 20.3 Å². The fourth-order valence-corrected chi connectivity index (χ4v) is 1.44. The zero-order chi connectivity index (χ0) is 11.5. The number of rotatable bonds is 2. The Hall–Kier alpha value is -1.57. The number of nitrogens with zero attached hydrogens (tertiary/aromatic N) is 2. The van der Waals surface area contributed by atoms with Gasteiger partial charge in [0.2, 0.25) is 11.8 Å². The molecule has 82 valence electrons. The van der Waals surface area contributed by atoms with Crippen molar-refractivity contribution in [3.8, 4) is 6.07 Å². The van der Waals surface area contributed by atoms with Gasteiger partial charge in [-0.3, -0.25) is 9.59 Å². The summed E-state index contributed by atoms with van der Waals surface area (Å²) in [7, 11) is 0. The van der Waals surface area contributed by atoms with Gasteiger partial charge in [0.1, 0.15) is 5.41 Å². The van der Waals surface area contributed by atoms with Crippen molar-refractivity contribution in [1.82, 2.24) is 10.2 Å². The summed E-state index contributed by atoms with van der Waals surface area (Å²) in [6, 6.07) is 2.02. The second-order valence-corrected chi connectivity index (χ2v) is 3.87. The van der Waals surface area contributed by atoms with Crippen molar-refractivity contribution in [1.29, 1.82) is 5.26 Å². The van der Waals surface area contributed by atoms with Crippen LogP contribution in [-0.4, -0.2) is 36.3 Å². The molecule has 15 heavy (non-hydrogen) atoms. The Kier molecular flexibility index (Phi) is 3.30. The molecular weight excluding hydrogens is 194 g/mol. The van der Waals surface area contributed by atoms with Crippen LogP contribution in [0.15, 0.2) is 0 Å². The van der Waals surface area contributed by atoms with Crippen molar-refractivity contribution in [3.05, 3.63) is 0 Å². The fraction of sp³-hybridized carbons (Fsp3) is 0.700. The molecule has 1 rings (SSSR count). The molecule has 0 aromatic heterocycles. The second kappa shape index (κ2) is 4.30. The maximum absolute atomic E-state index is 12.0. The van der Waals surface area contributed by atoms with Gasteiger partial charge in [0.05, 0.1) is 12.6 Å². The monoisotopic (exact) mass is 209 g/mol. The van der Waals surface area contributed by atoms with Gasteiger partial charge < -0.3 is 10.2 Å². The highest BCUT2D eigenvalue weighted by atomic mass is 16.2. The van der Waals surface area contributed by atoms with Crippen LogP contribution < -0.4 is 5.32 Å². The molecule has 1 aliphatic rings. The fourth-order valence-electron chi connectivity index (χ4n) is 1.44. The Bertz CT molecular complexity index is 321. The van der Waals surface area contributed by atoms with Crippen LogP contribution in [0.25, 0.3) is 0 Å². The van der Waals surface area contributed by atoms with Gasteiger partial charge in [-0.15, -0.1) is 0 Å². The minimum Gasteiger partial charge on any atom is -0.353 e. The Labute approximate surface area is 89.0 Å². The van der Waals surface area contributed by atoms with Crippen molar-refractivity contribution >= 4 is 11.8 Å². The summed E-state index contributed by atoms with van der Waals surface area (Å²) in [5.74, 6) is -0.409. The number of amides is 2. The third-order valence-electron chi connectivity index (χ3n) is 2.75. The summed E-state index contributed by atoms with van der Waals surface area (Å²) in [4.78, 5) is 24.5. The number of carbonyl (C=O) groups excluding carboxylic acids is 2. The molecule has 0 aromatic carbocycles. The zero-order valence-corrected chi connectivity index (χ0v) is 9.04. The smallest absolute Gasteiger partial charge is 0.243 e. The van der Waals surface area contributed by atoms with Crippen molar-refractivity contribution < 1.29 is 9.59 Å². The highest BCUT2D eigenvalue weighted by molar-refractivity contribution is 5.90. The van der Waals surface area contributed by atoms with E-state index in [2.05, 4.69) is 5.32 Å². The van der Waals surface area contributed by atoms with Crippen LogP contribution in [0.3, 0.4) is 0 Å². The van der Waals surface area contributed by atoms with E-state index < -0.39 is 5.41 Å². The molecule has 0 aromatic rings. The SMILES string of the molecule is CCC(C)(C#N)C(=O)N1CCNC(=O)C1. The van der Waals surface area contributed by atoms with Crippen molar-refractivity contribution in [2.75, 3.05) is 19.6 Å². The maximum atomic E-state index is 12.0. The maximum Gasteiger partial charge on any atom is 0.243 e. The first-order valence-corrected chi connectivity index (χ1v) is 5.01. The van der Waals surface area contributed by atoms with E-state index in [0.29, 0.717) is 19.5 Å². The van der Waals surface area contributed by atoms with Gasteiger partial charge in [-0.1, -0.05) is 6.92 Å². The third kappa shape index (κ3) is 2.27. The number of carbonyl (C=O) groups is 2. The third-order valence-corrected chi connectivity index (χ3v) is 2.75. The number of hydrogen-bond donors (Lipinski definition) is 1. The van der Waals surface area contributed by atoms with Crippen LogP contribution in [0.2, 0.25) is 0 Å². The summed E-state index contributed by atoms with van der Waals surface area (Å²) in [6.45, 7) is 4.43. The lowest BCUT2D eigenvalue weighted by Crippen LogP contribution is -2.53. The summed E-state index contributed by atoms with van der Waals surface area (Å²) in [6.07, 6.45) is 0.459. The molecule has 1 N–H and O–H groups in total. The molecule has 1 fully saturated rings. The molecule has 1 atom stereocenters. The van der Waals surface area contributed by atoms with Crippen molar-refractivity contribution in [2.45, 2.75) is 20.3 Å². The summed E-state index contributed by atoms with van der Waals surface area (Å²) >= 11 is 0. The molecule has 0 radical (unpaired) electrons. The predicted octanol–water partition coefficient (Wildman–Crippen LogP) is -0.115. The molecule has 0 aliphatic carbocycles. The van der Waals surface area contributed by atoms with E-state index in [4.69, 9.17) is 5.26 Å². The Morgan fingerprint density at radius 1 is 1.73 bits per heavy atom. The minimum atomic E-state index is -1.00. The highest BCUT2D eigenvalue weighted by Crippen LogP contribution is 2.23. The average molecular weight is 209 g/mol. The van der Waals surface area contributed by atoms with Crippen LogP contribution in [0.5, 0.6) is 0 Å². The molecule has 1 heterocycles. The Balaban J connectivity index is 2.76. The first-order valence-electron chi connectivity index (χ1n) is 5.01. The molecule has 1 aliphatic heterocycles. The van der Waals surface area contributed by atoms with Gasteiger partial charge in [-0.25, -0.2) is 0 Å². The van der Waals surface area contributed by atoms with Gasteiger partial charge in [-0.05, 0) is 13.3 Å². The topological polar surface area (TPSA) is 73.2 Å². The number of hydrogen-bond acceptors (Lipinski definition) is 3. The Morgan fingerprint density at radius 3 is 2.87 bits per heavy atom. The first-order chi connectivity index (χ1) is 7.03. The lowest BCUT2D eigenvalue weighted by molar-refractivity contribution is -0.143. The summed E-state index contributed by atoms with van der Waals surface area (Å²) < 4.78 is 0. The molecule has 0 saturated carbocycles. The van der Waals surface area contributed by atoms with Gasteiger partial charge in [0.25, 0.3) is 0 Å². The van der Waals surface area contributed by atoms with E-state index in [1.807, 2.05) is 6.07 Å². The molecule has 1 saturated heterocycles. The first kappa shape index (κ1) is 11.5. The molecular formula is C10H15N3O2. The molecule has 1 unspecified atom stereocenters. The van der Waals surface area contributed by atoms with Crippen LogP contribution >= 0.6 is 0 Å². The van der Waals surface area contributed by atoms with Crippen molar-refractivity contribution in [2.24, 2.45) is 5.41 Å². The van der Waals surface area contributed by atoms with Gasteiger partial charge in [0, 0.05) is 13.1 Å². The van der Waals surface area contributed by atoms with E-state index in [1.165, 1.54) is 4.90 Å². The summed E-state index contributed by atoms with van der Waals surface area (Å²) in [5.41, 5.74) is -1.00. The van der Waals surface area contributed by atoms with Crippen LogP contribution in [0.4, 0.5) is 0 Å². The predicted molar refractivity (Wildman–Crippen MR) is 53.6 cm³/mol. The molecule has 0 spiro atoms. The number of piperazine rings is 1. The lowest BCUT2D eigenvalue weighted by atomic mass is 9.87. The van der Waals surface area contributed by atoms with E-state index in [0.717, 1.165) is 0 Å². The molecule has 0 bridgehead atoms. The molecule has 5 heteroatoms. The largest absolute Gasteiger partial charge is 0.353 e. The zero-order valence-electron chi connectivity index (χ0n) is 9.04. The van der Waals surface area contributed by atoms with Gasteiger partial charge in [-0.2, -0.15) is 5.26 Å². The minimum absolute atomic E-state index is 0.0656. The Morgan fingerprint density at radius 2 is 2.40 bits per heavy atom. The molecule has 5 nitrogen and oxygen atoms in total. The second-order valence-electron chi connectivity index (χ2n) is 3.87. The van der Waals surface area contributed by atoms with Crippen molar-refractivity contribution in [3.63, 3.8) is 0 Å². The van der Waals surface area contributed by atoms with Crippen LogP contribution in [-0.2, 0) is 9.59 Å². The quantitative estimate of drug-likeness (QED) is 0.689. The average Bonchev–Trinajstić information content (AvgIpc) is 2.27. The van der Waals surface area contributed by atoms with Gasteiger partial charge >= 0.3 is 0 Å². The molecule has 2 amide bonds. The van der Waals surface area contributed by atoms with E-state index in [1.54, 1.807) is 13.8 Å². The normalized spacial score (nSPS) is 20.1. The van der Waals surface area contributed by atoms with E-state index in [-0.39, 0.29) is 18.4 Å². The standard InChI is InChI=1S/C10H15N3O2/c1-3-10(2,7-11)9(15)13-5-4-12-8(14)6-13/h3-6H2,1-2H3,(H,12,14). The lowest BCUT2D eigenvalue weighted by Gasteiger charge is -2.31. The number of nitriles is 1. The van der Waals surface area contributed by atoms with Gasteiger partial charge in [0.15, 0.2) is 0 Å². The highest BCUT2D eigenvalue weighted by Gasteiger charge is 2.36. The number of nitrogens with one attached hydrogen (secondary N) is 1. The summed E-state index contributed by atoms with van der Waals surface area (Å²) in [5, 5.41) is 11.6. The van der Waals surface area contributed by atoms with E-state index in [9.17, 15) is 9.59 Å².